The summed E-state index contributed by atoms with van der Waals surface area (Å²) < 4.78 is 39.2. The normalized spacial score (nSPS) is 17.8. The van der Waals surface area contributed by atoms with Crippen LogP contribution in [0.5, 0.6) is 0 Å². The van der Waals surface area contributed by atoms with Crippen LogP contribution in [0.1, 0.15) is 44.7 Å². The van der Waals surface area contributed by atoms with Crippen LogP contribution in [0, 0.1) is 5.41 Å². The van der Waals surface area contributed by atoms with Gasteiger partial charge in [0, 0.05) is 31.1 Å². The minimum atomic E-state index is -4.32. The minimum absolute atomic E-state index is 0.0170. The Labute approximate surface area is 141 Å². The van der Waals surface area contributed by atoms with Crippen LogP contribution in [-0.4, -0.2) is 29.9 Å². The number of benzene rings is 1. The van der Waals surface area contributed by atoms with Crippen molar-refractivity contribution in [3.05, 3.63) is 35.4 Å². The molecule has 1 fully saturated rings. The van der Waals surface area contributed by atoms with E-state index in [2.05, 4.69) is 5.32 Å². The van der Waals surface area contributed by atoms with Gasteiger partial charge in [0.25, 0.3) is 0 Å². The van der Waals surface area contributed by atoms with E-state index in [0.717, 1.165) is 18.9 Å². The third-order valence-electron chi connectivity index (χ3n) is 4.32. The first-order valence-electron chi connectivity index (χ1n) is 8.26. The molecule has 1 aliphatic rings. The Balaban J connectivity index is 1.92. The van der Waals surface area contributed by atoms with Crippen LogP contribution in [-0.2, 0) is 17.5 Å². The zero-order valence-electron chi connectivity index (χ0n) is 14.4. The third-order valence-corrected chi connectivity index (χ3v) is 4.32. The fourth-order valence-corrected chi connectivity index (χ4v) is 2.81. The second kappa shape index (κ2) is 7.13. The van der Waals surface area contributed by atoms with Crippen LogP contribution in [0.4, 0.5) is 13.2 Å². The zero-order chi connectivity index (χ0) is 18.0. The van der Waals surface area contributed by atoms with Gasteiger partial charge in [0.1, 0.15) is 0 Å². The quantitative estimate of drug-likeness (QED) is 0.905. The van der Waals surface area contributed by atoms with Crippen LogP contribution in [0.15, 0.2) is 24.3 Å². The van der Waals surface area contributed by atoms with Crippen molar-refractivity contribution in [2.45, 2.75) is 52.4 Å². The van der Waals surface area contributed by atoms with Crippen LogP contribution >= 0.6 is 0 Å². The molecule has 1 aromatic carbocycles. The van der Waals surface area contributed by atoms with Gasteiger partial charge in [-0.25, -0.2) is 0 Å². The Morgan fingerprint density at radius 2 is 1.75 bits per heavy atom. The average molecular weight is 342 g/mol. The average Bonchev–Trinajstić information content (AvgIpc) is 2.48. The standard InChI is InChI=1S/C18H25F3N2O/c1-17(2,3)16(24)22-14-8-10-23(11-9-14)12-13-6-4-5-7-15(13)18(19,20)21/h4-7,14H,8-12H2,1-3H3,(H,22,24). The Bertz CT molecular complexity index is 570. The molecule has 1 saturated heterocycles. The summed E-state index contributed by atoms with van der Waals surface area (Å²) in [7, 11) is 0. The Kier molecular flexibility index (Phi) is 5.58. The smallest absolute Gasteiger partial charge is 0.353 e. The Morgan fingerprint density at radius 3 is 2.29 bits per heavy atom. The molecule has 0 unspecified atom stereocenters. The van der Waals surface area contributed by atoms with E-state index in [0.29, 0.717) is 18.7 Å². The zero-order valence-corrected chi connectivity index (χ0v) is 14.4. The first kappa shape index (κ1) is 18.8. The summed E-state index contributed by atoms with van der Waals surface area (Å²) in [5.41, 5.74) is -0.682. The van der Waals surface area contributed by atoms with Gasteiger partial charge in [0.15, 0.2) is 0 Å². The molecular weight excluding hydrogens is 317 g/mol. The topological polar surface area (TPSA) is 32.3 Å². The summed E-state index contributed by atoms with van der Waals surface area (Å²) in [4.78, 5) is 14.0. The number of amides is 1. The summed E-state index contributed by atoms with van der Waals surface area (Å²) in [6.07, 6.45) is -2.80. The lowest BCUT2D eigenvalue weighted by Crippen LogP contribution is -2.47. The van der Waals surface area contributed by atoms with Crippen molar-refractivity contribution < 1.29 is 18.0 Å². The van der Waals surface area contributed by atoms with Crippen molar-refractivity contribution in [3.63, 3.8) is 0 Å². The molecule has 0 aliphatic carbocycles. The number of halogens is 3. The molecule has 6 heteroatoms. The van der Waals surface area contributed by atoms with Gasteiger partial charge in [0.2, 0.25) is 5.91 Å². The van der Waals surface area contributed by atoms with Gasteiger partial charge < -0.3 is 5.32 Å². The lowest BCUT2D eigenvalue weighted by molar-refractivity contribution is -0.138. The second-order valence-electron chi connectivity index (χ2n) is 7.43. The van der Waals surface area contributed by atoms with Crippen molar-refractivity contribution in [1.82, 2.24) is 10.2 Å². The van der Waals surface area contributed by atoms with Crippen LogP contribution in [0.3, 0.4) is 0 Å². The fourth-order valence-electron chi connectivity index (χ4n) is 2.81. The highest BCUT2D eigenvalue weighted by atomic mass is 19.4. The van der Waals surface area contributed by atoms with Gasteiger partial charge in [-0.2, -0.15) is 13.2 Å². The maximum absolute atomic E-state index is 13.1. The number of rotatable bonds is 3. The Morgan fingerprint density at radius 1 is 1.17 bits per heavy atom. The molecule has 0 aromatic heterocycles. The second-order valence-corrected chi connectivity index (χ2v) is 7.43. The monoisotopic (exact) mass is 342 g/mol. The maximum Gasteiger partial charge on any atom is 0.416 e. The van der Waals surface area contributed by atoms with E-state index in [-0.39, 0.29) is 18.5 Å². The molecule has 1 aliphatic heterocycles. The Hall–Kier alpha value is -1.56. The summed E-state index contributed by atoms with van der Waals surface area (Å²) in [6, 6.07) is 5.83. The fraction of sp³-hybridized carbons (Fsp3) is 0.611. The van der Waals surface area contributed by atoms with E-state index < -0.39 is 17.2 Å². The first-order chi connectivity index (χ1) is 11.1. The number of alkyl halides is 3. The predicted molar refractivity (Wildman–Crippen MR) is 87.3 cm³/mol. The van der Waals surface area contributed by atoms with E-state index in [9.17, 15) is 18.0 Å². The number of nitrogens with one attached hydrogen (secondary N) is 1. The molecule has 2 rings (SSSR count). The van der Waals surface area contributed by atoms with E-state index in [1.54, 1.807) is 6.07 Å². The molecule has 1 N–H and O–H groups in total. The number of hydrogen-bond acceptors (Lipinski definition) is 2. The number of carbonyl (C=O) groups is 1. The summed E-state index contributed by atoms with van der Waals surface area (Å²) in [6.45, 7) is 7.25. The van der Waals surface area contributed by atoms with Crippen LogP contribution < -0.4 is 5.32 Å². The van der Waals surface area contributed by atoms with Crippen molar-refractivity contribution in [2.75, 3.05) is 13.1 Å². The van der Waals surface area contributed by atoms with Gasteiger partial charge in [-0.05, 0) is 24.5 Å². The number of likely N-dealkylation sites (tertiary alicyclic amines) is 1. The van der Waals surface area contributed by atoms with E-state index in [1.807, 2.05) is 25.7 Å². The summed E-state index contributed by atoms with van der Waals surface area (Å²) in [5.74, 6) is 0.0170. The van der Waals surface area contributed by atoms with Gasteiger partial charge in [0.05, 0.1) is 5.56 Å². The van der Waals surface area contributed by atoms with Gasteiger partial charge >= 0.3 is 6.18 Å². The number of nitrogens with zero attached hydrogens (tertiary/aromatic N) is 1. The predicted octanol–water partition coefficient (Wildman–Crippen LogP) is 3.83. The molecule has 0 bridgehead atoms. The molecule has 0 saturated carbocycles. The molecule has 1 heterocycles. The summed E-state index contributed by atoms with van der Waals surface area (Å²) in [5, 5.41) is 3.03. The SMILES string of the molecule is CC(C)(C)C(=O)NC1CCN(Cc2ccccc2C(F)(F)F)CC1. The molecule has 0 spiro atoms. The number of carbonyl (C=O) groups excluding carboxylic acids is 1. The maximum atomic E-state index is 13.1. The highest BCUT2D eigenvalue weighted by molar-refractivity contribution is 5.81. The van der Waals surface area contributed by atoms with Crippen molar-refractivity contribution in [1.29, 1.82) is 0 Å². The molecule has 0 radical (unpaired) electrons. The van der Waals surface area contributed by atoms with Crippen molar-refractivity contribution >= 4 is 5.91 Å². The highest BCUT2D eigenvalue weighted by Crippen LogP contribution is 2.32. The van der Waals surface area contributed by atoms with Gasteiger partial charge in [-0.1, -0.05) is 39.0 Å². The summed E-state index contributed by atoms with van der Waals surface area (Å²) >= 11 is 0. The van der Waals surface area contributed by atoms with E-state index in [1.165, 1.54) is 12.1 Å². The van der Waals surface area contributed by atoms with Gasteiger partial charge in [-0.15, -0.1) is 0 Å². The first-order valence-corrected chi connectivity index (χ1v) is 8.26. The lowest BCUT2D eigenvalue weighted by Gasteiger charge is -2.34. The molecule has 24 heavy (non-hydrogen) atoms. The van der Waals surface area contributed by atoms with Crippen LogP contribution in [0.2, 0.25) is 0 Å². The third kappa shape index (κ3) is 4.97. The molecule has 0 atom stereocenters. The van der Waals surface area contributed by atoms with Crippen LogP contribution in [0.25, 0.3) is 0 Å². The van der Waals surface area contributed by atoms with Crippen molar-refractivity contribution in [2.24, 2.45) is 5.41 Å². The molecule has 1 aromatic rings. The number of hydrogen-bond donors (Lipinski definition) is 1. The highest BCUT2D eigenvalue weighted by Gasteiger charge is 2.33. The largest absolute Gasteiger partial charge is 0.416 e. The molecule has 134 valence electrons. The molecule has 1 amide bonds. The van der Waals surface area contributed by atoms with Gasteiger partial charge in [-0.3, -0.25) is 9.69 Å². The number of piperidine rings is 1. The minimum Gasteiger partial charge on any atom is -0.353 e. The van der Waals surface area contributed by atoms with Crippen molar-refractivity contribution in [3.8, 4) is 0 Å². The molecule has 3 nitrogen and oxygen atoms in total. The molecular formula is C18H25F3N2O. The van der Waals surface area contributed by atoms with E-state index >= 15 is 0 Å². The van der Waals surface area contributed by atoms with E-state index in [4.69, 9.17) is 0 Å². The lowest BCUT2D eigenvalue weighted by atomic mass is 9.94.